The lowest BCUT2D eigenvalue weighted by Gasteiger charge is -2.39. The maximum absolute atomic E-state index is 12.7. The van der Waals surface area contributed by atoms with Crippen LogP contribution in [0.15, 0.2) is 24.3 Å². The van der Waals surface area contributed by atoms with Gasteiger partial charge < -0.3 is 26.7 Å². The van der Waals surface area contributed by atoms with Crippen molar-refractivity contribution in [2.75, 3.05) is 19.7 Å². The van der Waals surface area contributed by atoms with Gasteiger partial charge >= 0.3 is 10.4 Å². The monoisotopic (exact) mass is 573 g/mol. The molecule has 2 bridgehead atoms. The standard InChI is InChI=1S/C26H39N3O4.H2O4S.H2O/c27-24(31)20-8-4-7-19(13-20)21-14-22-9-10-23(15-21)29(22)12-11-28-25(32)26(33,17-30)16-18-5-2-1-3-6-18;1-5(2,3)4;/h4,7-8,13,18,21-23,30,33H,1-3,5-6,9-12,14-17H2,(H2,27,31)(H,28,32);(H2,1,2,3,4);1H2/t21?,22?,23?,26-;;/m0../s1. The summed E-state index contributed by atoms with van der Waals surface area (Å²) in [4.78, 5) is 26.8. The smallest absolute Gasteiger partial charge is 0.394 e. The fourth-order valence-electron chi connectivity index (χ4n) is 6.42. The van der Waals surface area contributed by atoms with Crippen LogP contribution in [0.1, 0.15) is 86.0 Å². The van der Waals surface area contributed by atoms with Crippen LogP contribution in [0.3, 0.4) is 0 Å². The molecule has 2 saturated heterocycles. The number of aliphatic hydroxyl groups excluding tert-OH is 1. The molecule has 39 heavy (non-hydrogen) atoms. The molecular weight excluding hydrogens is 530 g/mol. The van der Waals surface area contributed by atoms with E-state index < -0.39 is 28.5 Å². The summed E-state index contributed by atoms with van der Waals surface area (Å²) in [6.07, 6.45) is 10.3. The Hall–Kier alpha value is -2.13. The third-order valence-electron chi connectivity index (χ3n) is 8.22. The van der Waals surface area contributed by atoms with Crippen LogP contribution in [0, 0.1) is 5.92 Å². The largest absolute Gasteiger partial charge is 0.412 e. The van der Waals surface area contributed by atoms with Crippen LogP contribution >= 0.6 is 0 Å². The third-order valence-corrected chi connectivity index (χ3v) is 8.22. The first kappa shape index (κ1) is 33.1. The maximum Gasteiger partial charge on any atom is 0.394 e. The van der Waals surface area contributed by atoms with Gasteiger partial charge in [0.25, 0.3) is 5.91 Å². The molecule has 2 unspecified atom stereocenters. The molecule has 3 aliphatic rings. The average Bonchev–Trinajstić information content (AvgIpc) is 3.09. The zero-order valence-electron chi connectivity index (χ0n) is 22.2. The number of amides is 2. The molecule has 3 atom stereocenters. The number of carbonyl (C=O) groups excluding carboxylic acids is 2. The summed E-state index contributed by atoms with van der Waals surface area (Å²) in [5, 5.41) is 23.5. The highest BCUT2D eigenvalue weighted by molar-refractivity contribution is 7.79. The van der Waals surface area contributed by atoms with Crippen molar-refractivity contribution in [1.29, 1.82) is 0 Å². The first-order valence-electron chi connectivity index (χ1n) is 13.4. The molecule has 2 aliphatic heterocycles. The van der Waals surface area contributed by atoms with Gasteiger partial charge in [-0.3, -0.25) is 23.6 Å². The summed E-state index contributed by atoms with van der Waals surface area (Å²) in [6.45, 7) is 0.692. The van der Waals surface area contributed by atoms with Crippen molar-refractivity contribution in [3.05, 3.63) is 35.4 Å². The van der Waals surface area contributed by atoms with E-state index in [9.17, 15) is 19.8 Å². The summed E-state index contributed by atoms with van der Waals surface area (Å²) >= 11 is 0. The van der Waals surface area contributed by atoms with E-state index in [0.29, 0.717) is 42.4 Å². The molecule has 9 N–H and O–H groups in total. The lowest BCUT2D eigenvalue weighted by Crippen LogP contribution is -2.53. The van der Waals surface area contributed by atoms with Crippen molar-refractivity contribution in [2.24, 2.45) is 11.7 Å². The molecule has 2 amide bonds. The predicted molar refractivity (Wildman–Crippen MR) is 144 cm³/mol. The van der Waals surface area contributed by atoms with Crippen molar-refractivity contribution < 1.29 is 42.8 Å². The van der Waals surface area contributed by atoms with Crippen LogP contribution in [0.5, 0.6) is 0 Å². The maximum atomic E-state index is 12.7. The number of piperidine rings is 1. The molecule has 0 spiro atoms. The quantitative estimate of drug-likeness (QED) is 0.230. The SMILES string of the molecule is NC(=O)c1cccc(C2CC3CCC(C2)N3CCNC(=O)[C@@](O)(CO)CC2CCCCC2)c1.O.O=S(=O)(O)O. The van der Waals surface area contributed by atoms with E-state index in [1.807, 2.05) is 12.1 Å². The van der Waals surface area contributed by atoms with Crippen LogP contribution in [0.4, 0.5) is 0 Å². The molecular formula is C26H43N3O9S. The molecule has 2 heterocycles. The molecule has 13 heteroatoms. The molecule has 4 rings (SSSR count). The number of primary amides is 1. The van der Waals surface area contributed by atoms with Gasteiger partial charge in [0.1, 0.15) is 0 Å². The predicted octanol–water partition coefficient (Wildman–Crippen LogP) is 0.828. The summed E-state index contributed by atoms with van der Waals surface area (Å²) in [6, 6.07) is 8.62. The van der Waals surface area contributed by atoms with Crippen molar-refractivity contribution >= 4 is 22.2 Å². The Kier molecular flexibility index (Phi) is 12.3. The minimum atomic E-state index is -4.67. The van der Waals surface area contributed by atoms with Gasteiger partial charge in [0, 0.05) is 30.7 Å². The van der Waals surface area contributed by atoms with Crippen LogP contribution in [-0.2, 0) is 15.2 Å². The summed E-state index contributed by atoms with van der Waals surface area (Å²) < 4.78 is 31.6. The number of rotatable bonds is 9. The van der Waals surface area contributed by atoms with E-state index in [2.05, 4.69) is 16.3 Å². The summed E-state index contributed by atoms with van der Waals surface area (Å²) in [5.74, 6) is -0.104. The Bertz CT molecular complexity index is 1040. The lowest BCUT2D eigenvalue weighted by molar-refractivity contribution is -0.146. The lowest BCUT2D eigenvalue weighted by atomic mass is 9.80. The number of fused-ring (bicyclic) bond motifs is 2. The minimum absolute atomic E-state index is 0. The fourth-order valence-corrected chi connectivity index (χ4v) is 6.42. The first-order valence-corrected chi connectivity index (χ1v) is 14.8. The number of carbonyl (C=O) groups is 2. The highest BCUT2D eigenvalue weighted by Crippen LogP contribution is 2.43. The van der Waals surface area contributed by atoms with Gasteiger partial charge in [-0.1, -0.05) is 44.2 Å². The molecule has 0 aromatic heterocycles. The molecule has 0 radical (unpaired) electrons. The number of benzene rings is 1. The molecule has 1 saturated carbocycles. The minimum Gasteiger partial charge on any atom is -0.412 e. The topological polar surface area (TPSA) is 222 Å². The Labute approximate surface area is 229 Å². The second-order valence-corrected chi connectivity index (χ2v) is 11.8. The van der Waals surface area contributed by atoms with Crippen LogP contribution < -0.4 is 11.1 Å². The molecule has 1 aromatic carbocycles. The average molecular weight is 574 g/mol. The number of hydrogen-bond donors (Lipinski definition) is 6. The Balaban J connectivity index is 0.000000816. The Morgan fingerprint density at radius 3 is 2.18 bits per heavy atom. The van der Waals surface area contributed by atoms with Gasteiger partial charge in [-0.05, 0) is 61.6 Å². The first-order chi connectivity index (χ1) is 17.9. The zero-order chi connectivity index (χ0) is 27.9. The second kappa shape index (κ2) is 14.5. The number of nitrogens with two attached hydrogens (primary N) is 1. The van der Waals surface area contributed by atoms with Crippen LogP contribution in [-0.4, -0.2) is 87.3 Å². The molecule has 222 valence electrons. The highest BCUT2D eigenvalue weighted by atomic mass is 32.3. The van der Waals surface area contributed by atoms with Gasteiger partial charge in [0.2, 0.25) is 5.91 Å². The zero-order valence-corrected chi connectivity index (χ0v) is 23.0. The van der Waals surface area contributed by atoms with Gasteiger partial charge in [0.05, 0.1) is 6.61 Å². The van der Waals surface area contributed by atoms with E-state index in [4.69, 9.17) is 23.3 Å². The van der Waals surface area contributed by atoms with E-state index in [1.54, 1.807) is 6.07 Å². The van der Waals surface area contributed by atoms with E-state index in [0.717, 1.165) is 57.9 Å². The second-order valence-electron chi connectivity index (χ2n) is 10.9. The molecule has 3 fully saturated rings. The number of hydrogen-bond acceptors (Lipinski definition) is 7. The van der Waals surface area contributed by atoms with Crippen molar-refractivity contribution in [3.8, 4) is 0 Å². The van der Waals surface area contributed by atoms with Crippen molar-refractivity contribution in [2.45, 2.75) is 87.8 Å². The van der Waals surface area contributed by atoms with Crippen LogP contribution in [0.25, 0.3) is 0 Å². The number of nitrogens with zero attached hydrogens (tertiary/aromatic N) is 1. The summed E-state index contributed by atoms with van der Waals surface area (Å²) in [7, 11) is -4.67. The van der Waals surface area contributed by atoms with Crippen molar-refractivity contribution in [3.63, 3.8) is 0 Å². The van der Waals surface area contributed by atoms with Gasteiger partial charge in [0.15, 0.2) is 5.60 Å². The van der Waals surface area contributed by atoms with Gasteiger partial charge in [-0.25, -0.2) is 0 Å². The van der Waals surface area contributed by atoms with Gasteiger partial charge in [-0.15, -0.1) is 0 Å². The van der Waals surface area contributed by atoms with E-state index >= 15 is 0 Å². The van der Waals surface area contributed by atoms with Gasteiger partial charge in [-0.2, -0.15) is 8.42 Å². The van der Waals surface area contributed by atoms with E-state index in [-0.39, 0.29) is 11.4 Å². The fraction of sp³-hybridized carbons (Fsp3) is 0.692. The van der Waals surface area contributed by atoms with E-state index in [1.165, 1.54) is 12.0 Å². The molecule has 1 aliphatic carbocycles. The third kappa shape index (κ3) is 9.78. The highest BCUT2D eigenvalue weighted by Gasteiger charge is 2.42. The van der Waals surface area contributed by atoms with Crippen molar-refractivity contribution in [1.82, 2.24) is 10.2 Å². The Morgan fingerprint density at radius 1 is 1.05 bits per heavy atom. The number of aliphatic hydroxyl groups is 2. The summed E-state index contributed by atoms with van der Waals surface area (Å²) in [5.41, 5.74) is 5.53. The van der Waals surface area contributed by atoms with Crippen LogP contribution in [0.2, 0.25) is 0 Å². The normalized spacial score (nSPS) is 25.0. The number of nitrogens with one attached hydrogen (secondary N) is 1. The molecule has 1 aromatic rings. The molecule has 12 nitrogen and oxygen atoms in total. The Morgan fingerprint density at radius 2 is 1.64 bits per heavy atom.